The van der Waals surface area contributed by atoms with E-state index < -0.39 is 124 Å². The van der Waals surface area contributed by atoms with Gasteiger partial charge in [0.25, 0.3) is 0 Å². The van der Waals surface area contributed by atoms with Gasteiger partial charge < -0.3 is 89.9 Å². The summed E-state index contributed by atoms with van der Waals surface area (Å²) < 4.78 is 34.1. The van der Waals surface area contributed by atoms with Crippen molar-refractivity contribution in [1.82, 2.24) is 5.32 Å². The number of carbonyl (C=O) groups is 1. The molecule has 1 amide bonds. The number of carbonyl (C=O) groups excluding carboxylic acids is 1. The molecular weight excluding hydrogens is 1130 g/mol. The molecule has 3 fully saturated rings. The predicted octanol–water partition coefficient (Wildman–Crippen LogP) is 9.00. The Morgan fingerprint density at radius 2 is 0.750 bits per heavy atom. The SMILES string of the molecule is CCCCCC/C=C/C(O)C(COC1OC(CO)C(OC2OC(CO)C(OC3OC(CO)C(O)C(O)C3O)C(O)C2O)C(O)C1O)NC(=O)CCCCCCCCCCCCCCCCCCCCCCCC/C=C\C/C=C\C/C=C\CCCCCCC. The van der Waals surface area contributed by atoms with E-state index in [2.05, 4.69) is 55.6 Å². The molecule has 88 heavy (non-hydrogen) atoms. The highest BCUT2D eigenvalue weighted by atomic mass is 16.8. The van der Waals surface area contributed by atoms with Crippen LogP contribution in [0.5, 0.6) is 0 Å². The van der Waals surface area contributed by atoms with Gasteiger partial charge in [-0.1, -0.05) is 236 Å². The van der Waals surface area contributed by atoms with Gasteiger partial charge in [0.05, 0.1) is 38.6 Å². The number of aliphatic hydroxyl groups is 11. The quantitative estimate of drug-likeness (QED) is 0.0200. The van der Waals surface area contributed by atoms with Gasteiger partial charge in [0.1, 0.15) is 73.2 Å². The second-order valence-electron chi connectivity index (χ2n) is 25.0. The van der Waals surface area contributed by atoms with Crippen LogP contribution in [0.25, 0.3) is 0 Å². The number of ether oxygens (including phenoxy) is 6. The lowest BCUT2D eigenvalue weighted by molar-refractivity contribution is -0.379. The minimum Gasteiger partial charge on any atom is -0.394 e. The summed E-state index contributed by atoms with van der Waals surface area (Å²) in [5, 5.41) is 120. The molecule has 0 bridgehead atoms. The van der Waals surface area contributed by atoms with Crippen molar-refractivity contribution < 1.29 is 89.4 Å². The number of aliphatic hydroxyl groups excluding tert-OH is 11. The third kappa shape index (κ3) is 33.0. The molecule has 0 aromatic carbocycles. The fourth-order valence-corrected chi connectivity index (χ4v) is 11.7. The monoisotopic (exact) mass is 1260 g/mol. The molecule has 19 nitrogen and oxygen atoms in total. The molecule has 0 radical (unpaired) electrons. The molecule has 12 N–H and O–H groups in total. The fourth-order valence-electron chi connectivity index (χ4n) is 11.7. The molecule has 3 rings (SSSR count). The summed E-state index contributed by atoms with van der Waals surface area (Å²) in [5.74, 6) is -0.279. The lowest BCUT2D eigenvalue weighted by Gasteiger charge is -2.48. The molecule has 17 atom stereocenters. The first-order valence-corrected chi connectivity index (χ1v) is 34.9. The van der Waals surface area contributed by atoms with E-state index in [1.165, 1.54) is 161 Å². The summed E-state index contributed by atoms with van der Waals surface area (Å²) in [4.78, 5) is 13.3. The van der Waals surface area contributed by atoms with Gasteiger partial charge in [-0.15, -0.1) is 0 Å². The number of hydrogen-bond donors (Lipinski definition) is 12. The molecule has 0 saturated carbocycles. The summed E-state index contributed by atoms with van der Waals surface area (Å²) in [7, 11) is 0. The Balaban J connectivity index is 1.25. The second-order valence-corrected chi connectivity index (χ2v) is 25.0. The predicted molar refractivity (Wildman–Crippen MR) is 342 cm³/mol. The largest absolute Gasteiger partial charge is 0.394 e. The van der Waals surface area contributed by atoms with Crippen molar-refractivity contribution in [3.05, 3.63) is 48.6 Å². The highest BCUT2D eigenvalue weighted by molar-refractivity contribution is 5.76. The Kier molecular flexibility index (Phi) is 46.5. The summed E-state index contributed by atoms with van der Waals surface area (Å²) in [6.45, 7) is 1.62. The average Bonchev–Trinajstić information content (AvgIpc) is 2.46. The van der Waals surface area contributed by atoms with E-state index in [1.54, 1.807) is 6.08 Å². The number of hydrogen-bond acceptors (Lipinski definition) is 18. The van der Waals surface area contributed by atoms with Gasteiger partial charge in [-0.3, -0.25) is 4.79 Å². The maximum Gasteiger partial charge on any atom is 0.220 e. The van der Waals surface area contributed by atoms with Crippen LogP contribution in [0.3, 0.4) is 0 Å². The topological polar surface area (TPSA) is 307 Å². The zero-order valence-electron chi connectivity index (χ0n) is 54.2. The second kappa shape index (κ2) is 51.2. The molecule has 3 aliphatic heterocycles. The number of amides is 1. The standard InChI is InChI=1S/C69H125NO18/c1-3-5-7-9-11-12-13-14-15-16-17-18-19-20-21-22-23-24-25-26-27-28-29-30-31-32-33-34-35-36-37-38-39-40-41-43-45-47-57(75)70-52(53(74)46-44-42-10-8-6-4-2)51-83-67-63(81)60(78)65(55(49-72)85-67)88-69-64(82)61(79)66(56(50-73)86-69)87-68-62(80)59(77)58(76)54(48-71)84-68/h13-14,16-17,19-20,44,46,52-56,58-69,71-74,76-82H,3-12,15,18,21-43,45,47-51H2,1-2H3,(H,70,75)/b14-13-,17-16-,20-19-,46-44+. The van der Waals surface area contributed by atoms with Crippen LogP contribution in [-0.2, 0) is 33.2 Å². The van der Waals surface area contributed by atoms with Crippen LogP contribution in [0, 0.1) is 0 Å². The number of allylic oxidation sites excluding steroid dienone is 7. The van der Waals surface area contributed by atoms with Crippen molar-refractivity contribution >= 4 is 5.91 Å². The number of unbranched alkanes of at least 4 members (excludes halogenated alkanes) is 31. The molecule has 3 heterocycles. The lowest BCUT2D eigenvalue weighted by atomic mass is 9.96. The van der Waals surface area contributed by atoms with Crippen LogP contribution in [-0.4, -0.2) is 193 Å². The smallest absolute Gasteiger partial charge is 0.220 e. The van der Waals surface area contributed by atoms with E-state index in [9.17, 15) is 61.0 Å². The molecule has 19 heteroatoms. The van der Waals surface area contributed by atoms with Gasteiger partial charge in [0, 0.05) is 6.42 Å². The minimum atomic E-state index is -1.98. The lowest BCUT2D eigenvalue weighted by Crippen LogP contribution is -2.66. The molecule has 3 saturated heterocycles. The summed E-state index contributed by atoms with van der Waals surface area (Å²) in [5.41, 5.74) is 0. The van der Waals surface area contributed by atoms with E-state index >= 15 is 0 Å². The highest BCUT2D eigenvalue weighted by Gasteiger charge is 2.53. The van der Waals surface area contributed by atoms with E-state index in [1.807, 2.05) is 6.08 Å². The van der Waals surface area contributed by atoms with Gasteiger partial charge in [0.2, 0.25) is 5.91 Å². The van der Waals surface area contributed by atoms with Crippen molar-refractivity contribution in [2.45, 2.75) is 356 Å². The van der Waals surface area contributed by atoms with Crippen LogP contribution in [0.4, 0.5) is 0 Å². The Morgan fingerprint density at radius 1 is 0.409 bits per heavy atom. The Labute approximate surface area is 529 Å². The Hall–Kier alpha value is -2.25. The molecule has 0 aromatic heterocycles. The Bertz CT molecular complexity index is 1790. The van der Waals surface area contributed by atoms with E-state index in [4.69, 9.17) is 28.4 Å². The zero-order valence-corrected chi connectivity index (χ0v) is 54.2. The Morgan fingerprint density at radius 3 is 1.18 bits per heavy atom. The minimum absolute atomic E-state index is 0.244. The van der Waals surface area contributed by atoms with Crippen molar-refractivity contribution in [2.75, 3.05) is 26.4 Å². The van der Waals surface area contributed by atoms with Gasteiger partial charge in [-0.25, -0.2) is 0 Å². The summed E-state index contributed by atoms with van der Waals surface area (Å²) in [6.07, 6.45) is 34.8. The average molecular weight is 1260 g/mol. The van der Waals surface area contributed by atoms with E-state index in [-0.39, 0.29) is 18.9 Å². The van der Waals surface area contributed by atoms with Crippen molar-refractivity contribution in [2.24, 2.45) is 0 Å². The van der Waals surface area contributed by atoms with Crippen LogP contribution >= 0.6 is 0 Å². The van der Waals surface area contributed by atoms with E-state index in [0.717, 1.165) is 64.2 Å². The highest BCUT2D eigenvalue weighted by Crippen LogP contribution is 2.33. The van der Waals surface area contributed by atoms with Gasteiger partial charge >= 0.3 is 0 Å². The van der Waals surface area contributed by atoms with Crippen LogP contribution in [0.2, 0.25) is 0 Å². The van der Waals surface area contributed by atoms with Crippen LogP contribution in [0.1, 0.15) is 251 Å². The van der Waals surface area contributed by atoms with Crippen LogP contribution < -0.4 is 5.32 Å². The van der Waals surface area contributed by atoms with Gasteiger partial charge in [0.15, 0.2) is 18.9 Å². The third-order valence-corrected chi connectivity index (χ3v) is 17.4. The first kappa shape index (κ1) is 80.0. The molecule has 3 aliphatic rings. The summed E-state index contributed by atoms with van der Waals surface area (Å²) >= 11 is 0. The first-order chi connectivity index (χ1) is 42.8. The molecule has 0 aliphatic carbocycles. The third-order valence-electron chi connectivity index (χ3n) is 17.4. The van der Waals surface area contributed by atoms with Gasteiger partial charge in [-0.05, 0) is 57.8 Å². The van der Waals surface area contributed by atoms with Crippen molar-refractivity contribution in [3.8, 4) is 0 Å². The van der Waals surface area contributed by atoms with Crippen molar-refractivity contribution in [1.29, 1.82) is 0 Å². The maximum atomic E-state index is 13.3. The molecule has 514 valence electrons. The first-order valence-electron chi connectivity index (χ1n) is 34.9. The zero-order chi connectivity index (χ0) is 64.0. The normalized spacial score (nSPS) is 28.7. The molecular formula is C69H125NO18. The number of rotatable bonds is 53. The van der Waals surface area contributed by atoms with Gasteiger partial charge in [-0.2, -0.15) is 0 Å². The van der Waals surface area contributed by atoms with Crippen LogP contribution in [0.15, 0.2) is 48.6 Å². The summed E-state index contributed by atoms with van der Waals surface area (Å²) in [6, 6.07) is -0.968. The number of nitrogens with one attached hydrogen (secondary N) is 1. The maximum absolute atomic E-state index is 13.3. The molecule has 0 spiro atoms. The molecule has 0 aromatic rings. The fraction of sp³-hybridized carbons (Fsp3) is 0.870. The molecule has 17 unspecified atom stereocenters. The van der Waals surface area contributed by atoms with Crippen molar-refractivity contribution in [3.63, 3.8) is 0 Å². The van der Waals surface area contributed by atoms with E-state index in [0.29, 0.717) is 6.42 Å².